The van der Waals surface area contributed by atoms with Gasteiger partial charge in [-0.3, -0.25) is 0 Å². The van der Waals surface area contributed by atoms with Gasteiger partial charge in [-0.2, -0.15) is 8.78 Å². The van der Waals surface area contributed by atoms with Crippen molar-refractivity contribution >= 4 is 11.7 Å². The number of carbonyl (C=O) groups is 1. The van der Waals surface area contributed by atoms with E-state index in [1.165, 1.54) is 36.4 Å². The third-order valence-corrected chi connectivity index (χ3v) is 3.05. The highest BCUT2D eigenvalue weighted by molar-refractivity contribution is 5.91. The third-order valence-electron chi connectivity index (χ3n) is 3.05. The predicted octanol–water partition coefficient (Wildman–Crippen LogP) is 3.53. The molecule has 0 bridgehead atoms. The fourth-order valence-corrected chi connectivity index (χ4v) is 1.92. The quantitative estimate of drug-likeness (QED) is 0.692. The van der Waals surface area contributed by atoms with E-state index in [1.54, 1.807) is 19.1 Å². The fourth-order valence-electron chi connectivity index (χ4n) is 1.92. The number of ether oxygens (including phenoxy) is 1. The number of nitrogens with two attached hydrogens (primary N) is 1. The summed E-state index contributed by atoms with van der Waals surface area (Å²) in [5.74, 6) is -4.01. The standard InChI is InChI=1S/C16H15F2NO2/c1-11-9-13(19)7-8-14(11)15(20)21-10-16(17,18)12-5-3-2-4-6-12/h2-9H,10,19H2,1H3. The second-order valence-corrected chi connectivity index (χ2v) is 4.72. The molecule has 0 fully saturated rings. The van der Waals surface area contributed by atoms with Gasteiger partial charge in [0, 0.05) is 11.3 Å². The third kappa shape index (κ3) is 3.56. The summed E-state index contributed by atoms with van der Waals surface area (Å²) in [7, 11) is 0. The van der Waals surface area contributed by atoms with E-state index in [1.807, 2.05) is 0 Å². The lowest BCUT2D eigenvalue weighted by Gasteiger charge is -2.17. The molecule has 0 spiro atoms. The summed E-state index contributed by atoms with van der Waals surface area (Å²) in [5.41, 5.74) is 6.70. The lowest BCUT2D eigenvalue weighted by atomic mass is 10.1. The first kappa shape index (κ1) is 15.0. The summed E-state index contributed by atoms with van der Waals surface area (Å²) < 4.78 is 32.5. The Morgan fingerprint density at radius 2 is 1.86 bits per heavy atom. The van der Waals surface area contributed by atoms with Crippen molar-refractivity contribution in [2.45, 2.75) is 12.8 Å². The molecule has 0 heterocycles. The SMILES string of the molecule is Cc1cc(N)ccc1C(=O)OCC(F)(F)c1ccccc1. The van der Waals surface area contributed by atoms with Crippen LogP contribution in [0.15, 0.2) is 48.5 Å². The molecule has 0 aromatic heterocycles. The number of aryl methyl sites for hydroxylation is 1. The number of alkyl halides is 2. The summed E-state index contributed by atoms with van der Waals surface area (Å²) in [5, 5.41) is 0. The van der Waals surface area contributed by atoms with Gasteiger partial charge in [0.1, 0.15) is 0 Å². The lowest BCUT2D eigenvalue weighted by molar-refractivity contribution is -0.0662. The lowest BCUT2D eigenvalue weighted by Crippen LogP contribution is -2.23. The molecule has 0 aliphatic carbocycles. The van der Waals surface area contributed by atoms with E-state index in [2.05, 4.69) is 0 Å². The van der Waals surface area contributed by atoms with Crippen LogP contribution in [0.5, 0.6) is 0 Å². The van der Waals surface area contributed by atoms with Crippen LogP contribution in [0.2, 0.25) is 0 Å². The molecule has 2 aromatic carbocycles. The molecule has 0 amide bonds. The van der Waals surface area contributed by atoms with Crippen molar-refractivity contribution in [3.05, 3.63) is 65.2 Å². The Morgan fingerprint density at radius 3 is 2.48 bits per heavy atom. The van der Waals surface area contributed by atoms with Gasteiger partial charge in [-0.05, 0) is 30.7 Å². The van der Waals surface area contributed by atoms with Crippen molar-refractivity contribution in [2.24, 2.45) is 0 Å². The van der Waals surface area contributed by atoms with E-state index < -0.39 is 18.5 Å². The number of halogens is 2. The Morgan fingerprint density at radius 1 is 1.19 bits per heavy atom. The van der Waals surface area contributed by atoms with E-state index in [0.29, 0.717) is 11.3 Å². The van der Waals surface area contributed by atoms with Crippen LogP contribution in [0.4, 0.5) is 14.5 Å². The first-order chi connectivity index (χ1) is 9.90. The molecule has 21 heavy (non-hydrogen) atoms. The van der Waals surface area contributed by atoms with E-state index in [4.69, 9.17) is 10.5 Å². The number of benzene rings is 2. The van der Waals surface area contributed by atoms with Crippen LogP contribution in [-0.2, 0) is 10.7 Å². The van der Waals surface area contributed by atoms with Gasteiger partial charge in [-0.15, -0.1) is 0 Å². The zero-order valence-electron chi connectivity index (χ0n) is 11.5. The Kier molecular flexibility index (Phi) is 4.21. The number of carbonyl (C=O) groups excluding carboxylic acids is 1. The van der Waals surface area contributed by atoms with Crippen molar-refractivity contribution in [3.63, 3.8) is 0 Å². The first-order valence-corrected chi connectivity index (χ1v) is 6.37. The van der Waals surface area contributed by atoms with Crippen molar-refractivity contribution in [3.8, 4) is 0 Å². The Bertz CT molecular complexity index is 642. The molecule has 0 saturated carbocycles. The van der Waals surface area contributed by atoms with Crippen LogP contribution in [0.25, 0.3) is 0 Å². The number of hydrogen-bond acceptors (Lipinski definition) is 3. The Balaban J connectivity index is 2.07. The topological polar surface area (TPSA) is 52.3 Å². The van der Waals surface area contributed by atoms with Crippen LogP contribution in [0.1, 0.15) is 21.5 Å². The summed E-state index contributed by atoms with van der Waals surface area (Å²) >= 11 is 0. The van der Waals surface area contributed by atoms with Gasteiger partial charge in [0.25, 0.3) is 0 Å². The highest BCUT2D eigenvalue weighted by Gasteiger charge is 2.33. The maximum absolute atomic E-state index is 13.9. The zero-order valence-corrected chi connectivity index (χ0v) is 11.5. The molecule has 5 heteroatoms. The molecule has 2 rings (SSSR count). The summed E-state index contributed by atoms with van der Waals surface area (Å²) in [6, 6.07) is 11.8. The van der Waals surface area contributed by atoms with E-state index >= 15 is 0 Å². The first-order valence-electron chi connectivity index (χ1n) is 6.37. The fraction of sp³-hybridized carbons (Fsp3) is 0.188. The van der Waals surface area contributed by atoms with Gasteiger partial charge in [0.05, 0.1) is 5.56 Å². The minimum atomic E-state index is -3.22. The summed E-state index contributed by atoms with van der Waals surface area (Å²) in [4.78, 5) is 11.9. The van der Waals surface area contributed by atoms with Crippen molar-refractivity contribution in [2.75, 3.05) is 12.3 Å². The largest absolute Gasteiger partial charge is 0.455 e. The van der Waals surface area contributed by atoms with Crippen LogP contribution < -0.4 is 5.73 Å². The number of rotatable bonds is 4. The molecule has 0 radical (unpaired) electrons. The second-order valence-electron chi connectivity index (χ2n) is 4.72. The predicted molar refractivity (Wildman–Crippen MR) is 76.2 cm³/mol. The average molecular weight is 291 g/mol. The highest BCUT2D eigenvalue weighted by atomic mass is 19.3. The van der Waals surface area contributed by atoms with Gasteiger partial charge in [-0.1, -0.05) is 30.3 Å². The van der Waals surface area contributed by atoms with Crippen LogP contribution in [-0.4, -0.2) is 12.6 Å². The normalized spacial score (nSPS) is 11.2. The maximum Gasteiger partial charge on any atom is 0.338 e. The van der Waals surface area contributed by atoms with Crippen LogP contribution >= 0.6 is 0 Å². The van der Waals surface area contributed by atoms with Crippen molar-refractivity contribution < 1.29 is 18.3 Å². The zero-order chi connectivity index (χ0) is 15.5. The number of hydrogen-bond donors (Lipinski definition) is 1. The molecule has 0 atom stereocenters. The summed E-state index contributed by atoms with van der Waals surface area (Å²) in [6.45, 7) is 0.669. The molecule has 0 unspecified atom stereocenters. The highest BCUT2D eigenvalue weighted by Crippen LogP contribution is 2.28. The molecule has 0 aliphatic rings. The molecular weight excluding hydrogens is 276 g/mol. The van der Waals surface area contributed by atoms with Crippen molar-refractivity contribution in [1.29, 1.82) is 0 Å². The Hall–Kier alpha value is -2.43. The van der Waals surface area contributed by atoms with E-state index in [-0.39, 0.29) is 11.1 Å². The second kappa shape index (κ2) is 5.91. The van der Waals surface area contributed by atoms with Gasteiger partial charge < -0.3 is 10.5 Å². The number of nitrogen functional groups attached to an aromatic ring is 1. The van der Waals surface area contributed by atoms with Gasteiger partial charge in [-0.25, -0.2) is 4.79 Å². The molecule has 3 nitrogen and oxygen atoms in total. The minimum absolute atomic E-state index is 0.188. The average Bonchev–Trinajstić information content (AvgIpc) is 2.46. The van der Waals surface area contributed by atoms with E-state index in [0.717, 1.165) is 0 Å². The molecule has 2 aromatic rings. The number of anilines is 1. The van der Waals surface area contributed by atoms with Crippen LogP contribution in [0.3, 0.4) is 0 Å². The van der Waals surface area contributed by atoms with Crippen LogP contribution in [0, 0.1) is 6.92 Å². The summed E-state index contributed by atoms with van der Waals surface area (Å²) in [6.07, 6.45) is 0. The van der Waals surface area contributed by atoms with Gasteiger partial charge in [0.2, 0.25) is 0 Å². The number of esters is 1. The molecular formula is C16H15F2NO2. The minimum Gasteiger partial charge on any atom is -0.455 e. The van der Waals surface area contributed by atoms with Gasteiger partial charge >= 0.3 is 11.9 Å². The van der Waals surface area contributed by atoms with Gasteiger partial charge in [0.15, 0.2) is 6.61 Å². The molecule has 0 saturated heterocycles. The van der Waals surface area contributed by atoms with Crippen molar-refractivity contribution in [1.82, 2.24) is 0 Å². The smallest absolute Gasteiger partial charge is 0.338 e. The maximum atomic E-state index is 13.9. The molecule has 0 aliphatic heterocycles. The van der Waals surface area contributed by atoms with E-state index in [9.17, 15) is 13.6 Å². The molecule has 2 N–H and O–H groups in total. The Labute approximate surface area is 121 Å². The molecule has 110 valence electrons. The monoisotopic (exact) mass is 291 g/mol.